The van der Waals surface area contributed by atoms with E-state index in [-0.39, 0.29) is 17.2 Å². The Hall–Kier alpha value is -3.78. The van der Waals surface area contributed by atoms with Crippen molar-refractivity contribution < 1.29 is 14.4 Å². The van der Waals surface area contributed by atoms with Gasteiger partial charge in [-0.15, -0.1) is 0 Å². The van der Waals surface area contributed by atoms with Crippen LogP contribution in [0.2, 0.25) is 0 Å². The van der Waals surface area contributed by atoms with Gasteiger partial charge in [0, 0.05) is 22.7 Å². The summed E-state index contributed by atoms with van der Waals surface area (Å²) in [5, 5.41) is 3.38. The average Bonchev–Trinajstić information content (AvgIpc) is 3.03. The number of nitrogens with one attached hydrogen (secondary N) is 1. The van der Waals surface area contributed by atoms with Crippen molar-refractivity contribution in [3.8, 4) is 0 Å². The molecule has 0 aliphatic carbocycles. The van der Waals surface area contributed by atoms with Gasteiger partial charge in [-0.3, -0.25) is 24.6 Å². The fraction of sp³-hybridized carbons (Fsp3) is 0.0476. The number of amides is 3. The Morgan fingerprint density at radius 3 is 2.48 bits per heavy atom. The number of primary amides is 1. The number of anilines is 1. The van der Waals surface area contributed by atoms with E-state index in [4.69, 9.17) is 18.0 Å². The Balaban J connectivity index is 1.81. The molecule has 4 rings (SSSR count). The lowest BCUT2D eigenvalue weighted by Crippen LogP contribution is -2.54. The zero-order valence-corrected chi connectivity index (χ0v) is 16.0. The Kier molecular flexibility index (Phi) is 4.69. The van der Waals surface area contributed by atoms with Crippen LogP contribution in [0.5, 0.6) is 0 Å². The van der Waals surface area contributed by atoms with Crippen LogP contribution in [0.1, 0.15) is 5.56 Å². The van der Waals surface area contributed by atoms with Crippen LogP contribution in [0, 0.1) is 0 Å². The molecule has 1 aliphatic rings. The smallest absolute Gasteiger partial charge is 0.270 e. The van der Waals surface area contributed by atoms with Crippen molar-refractivity contribution in [1.82, 2.24) is 9.88 Å². The SMILES string of the molecule is NC(=O)Cn1cc(C=C2C(=O)NC(=S)N(c3ccccc3)C2=O)c2ccccc21. The minimum atomic E-state index is -0.570. The molecule has 2 aromatic carbocycles. The fourth-order valence-electron chi connectivity index (χ4n) is 3.31. The van der Waals surface area contributed by atoms with Gasteiger partial charge in [0.05, 0.1) is 5.69 Å². The van der Waals surface area contributed by atoms with Crippen LogP contribution in [-0.2, 0) is 20.9 Å². The molecule has 2 heterocycles. The summed E-state index contributed by atoms with van der Waals surface area (Å²) in [7, 11) is 0. The molecular weight excluding hydrogens is 388 g/mol. The number of para-hydroxylation sites is 2. The quantitative estimate of drug-likeness (QED) is 0.395. The first-order valence-electron chi connectivity index (χ1n) is 8.78. The molecule has 0 radical (unpaired) electrons. The molecule has 3 N–H and O–H groups in total. The van der Waals surface area contributed by atoms with Gasteiger partial charge in [0.15, 0.2) is 5.11 Å². The number of nitrogens with two attached hydrogens (primary N) is 1. The molecule has 29 heavy (non-hydrogen) atoms. The molecule has 0 bridgehead atoms. The second kappa shape index (κ2) is 7.33. The van der Waals surface area contributed by atoms with Crippen LogP contribution in [0.3, 0.4) is 0 Å². The summed E-state index contributed by atoms with van der Waals surface area (Å²) in [5.41, 5.74) is 7.25. The second-order valence-corrected chi connectivity index (χ2v) is 6.88. The molecule has 1 aromatic heterocycles. The highest BCUT2D eigenvalue weighted by molar-refractivity contribution is 7.80. The van der Waals surface area contributed by atoms with Gasteiger partial charge in [-0.1, -0.05) is 36.4 Å². The summed E-state index contributed by atoms with van der Waals surface area (Å²) in [6.45, 7) is -0.00987. The highest BCUT2D eigenvalue weighted by Gasteiger charge is 2.34. The number of carbonyl (C=O) groups is 3. The summed E-state index contributed by atoms with van der Waals surface area (Å²) in [4.78, 5) is 38.3. The first-order chi connectivity index (χ1) is 14.0. The number of rotatable bonds is 4. The molecule has 144 valence electrons. The number of thiocarbonyl (C=S) groups is 1. The monoisotopic (exact) mass is 404 g/mol. The molecule has 0 atom stereocenters. The van der Waals surface area contributed by atoms with E-state index in [1.54, 1.807) is 35.0 Å². The summed E-state index contributed by atoms with van der Waals surface area (Å²) >= 11 is 5.20. The van der Waals surface area contributed by atoms with E-state index < -0.39 is 17.7 Å². The third-order valence-corrected chi connectivity index (χ3v) is 4.85. The summed E-state index contributed by atoms with van der Waals surface area (Å²) in [5.74, 6) is -1.58. The van der Waals surface area contributed by atoms with Crippen LogP contribution in [0.4, 0.5) is 5.69 Å². The van der Waals surface area contributed by atoms with Gasteiger partial charge in [0.25, 0.3) is 11.8 Å². The lowest BCUT2D eigenvalue weighted by atomic mass is 10.1. The van der Waals surface area contributed by atoms with Gasteiger partial charge in [-0.05, 0) is 36.5 Å². The molecular formula is C21H16N4O3S. The predicted molar refractivity (Wildman–Crippen MR) is 114 cm³/mol. The van der Waals surface area contributed by atoms with E-state index in [1.807, 2.05) is 30.3 Å². The number of carbonyl (C=O) groups excluding carboxylic acids is 3. The van der Waals surface area contributed by atoms with Crippen molar-refractivity contribution in [1.29, 1.82) is 0 Å². The zero-order valence-electron chi connectivity index (χ0n) is 15.2. The number of hydrogen-bond donors (Lipinski definition) is 2. The molecule has 1 fully saturated rings. The van der Waals surface area contributed by atoms with Gasteiger partial charge in [-0.2, -0.15) is 0 Å². The molecule has 0 unspecified atom stereocenters. The Morgan fingerprint density at radius 1 is 1.07 bits per heavy atom. The van der Waals surface area contributed by atoms with Crippen LogP contribution >= 0.6 is 12.2 Å². The van der Waals surface area contributed by atoms with E-state index in [9.17, 15) is 14.4 Å². The molecule has 0 saturated carbocycles. The van der Waals surface area contributed by atoms with Crippen LogP contribution in [-0.4, -0.2) is 27.4 Å². The van der Waals surface area contributed by atoms with Gasteiger partial charge < -0.3 is 10.3 Å². The maximum absolute atomic E-state index is 13.1. The van der Waals surface area contributed by atoms with E-state index in [1.165, 1.54) is 11.0 Å². The first kappa shape index (κ1) is 18.6. The van der Waals surface area contributed by atoms with Gasteiger partial charge in [-0.25, -0.2) is 0 Å². The summed E-state index contributed by atoms with van der Waals surface area (Å²) in [6, 6.07) is 16.2. The number of fused-ring (bicyclic) bond motifs is 1. The standard InChI is InChI=1S/C21H16N4O3S/c22-18(26)12-24-11-13(15-8-4-5-9-17(15)24)10-16-19(27)23-21(29)25(20(16)28)14-6-2-1-3-7-14/h1-11H,12H2,(H2,22,26)(H,23,27,29). The summed E-state index contributed by atoms with van der Waals surface area (Å²) < 4.78 is 1.69. The Bertz CT molecular complexity index is 1200. The van der Waals surface area contributed by atoms with Gasteiger partial charge >= 0.3 is 0 Å². The minimum absolute atomic E-state index is 0.00987. The third kappa shape index (κ3) is 3.41. The lowest BCUT2D eigenvalue weighted by Gasteiger charge is -2.28. The first-order valence-corrected chi connectivity index (χ1v) is 9.19. The van der Waals surface area contributed by atoms with E-state index in [0.29, 0.717) is 11.3 Å². The molecule has 1 aliphatic heterocycles. The van der Waals surface area contributed by atoms with Gasteiger partial charge in [0.2, 0.25) is 5.91 Å². The van der Waals surface area contributed by atoms with Crippen molar-refractivity contribution in [2.75, 3.05) is 4.90 Å². The highest BCUT2D eigenvalue weighted by Crippen LogP contribution is 2.26. The van der Waals surface area contributed by atoms with Crippen molar-refractivity contribution in [3.05, 3.63) is 71.9 Å². The lowest BCUT2D eigenvalue weighted by molar-refractivity contribution is -0.122. The van der Waals surface area contributed by atoms with E-state index in [2.05, 4.69) is 5.32 Å². The molecule has 7 nitrogen and oxygen atoms in total. The second-order valence-electron chi connectivity index (χ2n) is 6.49. The van der Waals surface area contributed by atoms with Crippen molar-refractivity contribution in [2.45, 2.75) is 6.54 Å². The Labute approximate surface area is 171 Å². The molecule has 0 spiro atoms. The highest BCUT2D eigenvalue weighted by atomic mass is 32.1. The fourth-order valence-corrected chi connectivity index (χ4v) is 3.59. The number of benzene rings is 2. The normalized spacial score (nSPS) is 15.8. The van der Waals surface area contributed by atoms with Crippen molar-refractivity contribution >= 4 is 57.7 Å². The molecule has 3 aromatic rings. The van der Waals surface area contributed by atoms with Crippen LogP contribution in [0.15, 0.2) is 66.4 Å². The topological polar surface area (TPSA) is 97.4 Å². The van der Waals surface area contributed by atoms with Crippen molar-refractivity contribution in [3.63, 3.8) is 0 Å². The minimum Gasteiger partial charge on any atom is -0.368 e. The van der Waals surface area contributed by atoms with Crippen molar-refractivity contribution in [2.24, 2.45) is 5.73 Å². The van der Waals surface area contributed by atoms with Crippen LogP contribution < -0.4 is 16.0 Å². The Morgan fingerprint density at radius 2 is 1.76 bits per heavy atom. The molecule has 3 amide bonds. The predicted octanol–water partition coefficient (Wildman–Crippen LogP) is 1.96. The molecule has 1 saturated heterocycles. The summed E-state index contributed by atoms with van der Waals surface area (Å²) in [6.07, 6.45) is 3.21. The maximum Gasteiger partial charge on any atom is 0.270 e. The van der Waals surface area contributed by atoms with Crippen LogP contribution in [0.25, 0.3) is 17.0 Å². The number of nitrogens with zero attached hydrogens (tertiary/aromatic N) is 2. The van der Waals surface area contributed by atoms with E-state index in [0.717, 1.165) is 10.9 Å². The molecule has 8 heteroatoms. The number of aromatic nitrogens is 1. The third-order valence-electron chi connectivity index (χ3n) is 4.56. The number of hydrogen-bond acceptors (Lipinski definition) is 4. The average molecular weight is 404 g/mol. The largest absolute Gasteiger partial charge is 0.368 e. The zero-order chi connectivity index (χ0) is 20.5. The maximum atomic E-state index is 13.1. The van der Waals surface area contributed by atoms with Gasteiger partial charge in [0.1, 0.15) is 12.1 Å². The van der Waals surface area contributed by atoms with E-state index >= 15 is 0 Å².